The van der Waals surface area contributed by atoms with E-state index in [-0.39, 0.29) is 4.90 Å². The Hall–Kier alpha value is -1.80. The molecule has 0 spiro atoms. The summed E-state index contributed by atoms with van der Waals surface area (Å²) in [5.41, 5.74) is 3.08. The van der Waals surface area contributed by atoms with Gasteiger partial charge in [-0.1, -0.05) is 11.6 Å². The standard InChI is InChI=1S/C21H28ClN3O3S/c1-16-14-20(28-3)21(15-17(16)2)29(26,27)23-8-9-24-10-12-25(13-11-24)19-6-4-18(22)5-7-19/h4-7,14-15,23H,8-13H2,1-3H3. The number of hydrogen-bond donors (Lipinski definition) is 1. The Morgan fingerprint density at radius 2 is 1.66 bits per heavy atom. The van der Waals surface area contributed by atoms with Crippen LogP contribution in [-0.4, -0.2) is 59.7 Å². The maximum Gasteiger partial charge on any atom is 0.244 e. The van der Waals surface area contributed by atoms with Gasteiger partial charge in [0.25, 0.3) is 0 Å². The van der Waals surface area contributed by atoms with Gasteiger partial charge in [-0.3, -0.25) is 4.90 Å². The van der Waals surface area contributed by atoms with Gasteiger partial charge >= 0.3 is 0 Å². The highest BCUT2D eigenvalue weighted by Crippen LogP contribution is 2.27. The van der Waals surface area contributed by atoms with E-state index in [0.717, 1.165) is 48.0 Å². The van der Waals surface area contributed by atoms with Crippen molar-refractivity contribution in [1.29, 1.82) is 0 Å². The van der Waals surface area contributed by atoms with Crippen LogP contribution in [0.3, 0.4) is 0 Å². The normalized spacial score (nSPS) is 15.5. The minimum absolute atomic E-state index is 0.190. The minimum Gasteiger partial charge on any atom is -0.495 e. The van der Waals surface area contributed by atoms with Crippen molar-refractivity contribution in [1.82, 2.24) is 9.62 Å². The summed E-state index contributed by atoms with van der Waals surface area (Å²) in [7, 11) is -2.14. The Balaban J connectivity index is 1.53. The van der Waals surface area contributed by atoms with Crippen molar-refractivity contribution in [2.75, 3.05) is 51.3 Å². The highest BCUT2D eigenvalue weighted by Gasteiger charge is 2.22. The Bertz CT molecular complexity index is 940. The molecule has 0 aliphatic carbocycles. The first-order valence-electron chi connectivity index (χ1n) is 9.68. The highest BCUT2D eigenvalue weighted by molar-refractivity contribution is 7.89. The summed E-state index contributed by atoms with van der Waals surface area (Å²) in [6.07, 6.45) is 0. The molecule has 1 fully saturated rings. The SMILES string of the molecule is COc1cc(C)c(C)cc1S(=O)(=O)NCCN1CCN(c2ccc(Cl)cc2)CC1. The summed E-state index contributed by atoms with van der Waals surface area (Å²) < 4.78 is 33.5. The molecule has 0 aromatic heterocycles. The lowest BCUT2D eigenvalue weighted by molar-refractivity contribution is 0.262. The van der Waals surface area contributed by atoms with Crippen LogP contribution in [0.5, 0.6) is 5.75 Å². The molecule has 0 atom stereocenters. The summed E-state index contributed by atoms with van der Waals surface area (Å²) in [6, 6.07) is 11.3. The molecule has 0 saturated carbocycles. The molecule has 1 heterocycles. The van der Waals surface area contributed by atoms with Crippen LogP contribution in [-0.2, 0) is 10.0 Å². The fourth-order valence-electron chi connectivity index (χ4n) is 3.43. The van der Waals surface area contributed by atoms with E-state index in [2.05, 4.69) is 14.5 Å². The zero-order chi connectivity index (χ0) is 21.0. The first kappa shape index (κ1) is 21.9. The number of methoxy groups -OCH3 is 1. The zero-order valence-electron chi connectivity index (χ0n) is 17.1. The fourth-order valence-corrected chi connectivity index (χ4v) is 4.81. The molecule has 6 nitrogen and oxygen atoms in total. The van der Waals surface area contributed by atoms with Crippen LogP contribution in [0.1, 0.15) is 11.1 Å². The highest BCUT2D eigenvalue weighted by atomic mass is 35.5. The number of halogens is 1. The summed E-state index contributed by atoms with van der Waals surface area (Å²) in [5.74, 6) is 0.372. The lowest BCUT2D eigenvalue weighted by Crippen LogP contribution is -2.48. The number of nitrogens with one attached hydrogen (secondary N) is 1. The van der Waals surface area contributed by atoms with Gasteiger partial charge in [0.2, 0.25) is 10.0 Å². The first-order valence-corrected chi connectivity index (χ1v) is 11.5. The first-order chi connectivity index (χ1) is 13.8. The van der Waals surface area contributed by atoms with Gasteiger partial charge in [0, 0.05) is 50.0 Å². The van der Waals surface area contributed by atoms with Crippen LogP contribution in [0.2, 0.25) is 5.02 Å². The molecular formula is C21H28ClN3O3S. The minimum atomic E-state index is -3.63. The number of rotatable bonds is 7. The number of ether oxygens (including phenoxy) is 1. The van der Waals surface area contributed by atoms with Crippen LogP contribution >= 0.6 is 11.6 Å². The predicted molar refractivity (Wildman–Crippen MR) is 118 cm³/mol. The van der Waals surface area contributed by atoms with Crippen molar-refractivity contribution in [3.8, 4) is 5.75 Å². The van der Waals surface area contributed by atoms with Crippen LogP contribution in [0.4, 0.5) is 5.69 Å². The lowest BCUT2D eigenvalue weighted by Gasteiger charge is -2.36. The third-order valence-electron chi connectivity index (χ3n) is 5.35. The number of anilines is 1. The molecule has 29 heavy (non-hydrogen) atoms. The topological polar surface area (TPSA) is 61.9 Å². The smallest absolute Gasteiger partial charge is 0.244 e. The molecular weight excluding hydrogens is 410 g/mol. The Labute approximate surface area is 178 Å². The van der Waals surface area contributed by atoms with Gasteiger partial charge in [-0.05, 0) is 61.4 Å². The molecule has 1 aliphatic rings. The summed E-state index contributed by atoms with van der Waals surface area (Å²) >= 11 is 5.96. The van der Waals surface area contributed by atoms with E-state index in [9.17, 15) is 8.42 Å². The Kier molecular flexibility index (Phi) is 7.05. The molecule has 2 aromatic carbocycles. The predicted octanol–water partition coefficient (Wildman–Crippen LogP) is 3.07. The second-order valence-corrected chi connectivity index (χ2v) is 9.46. The van der Waals surface area contributed by atoms with Gasteiger partial charge in [-0.15, -0.1) is 0 Å². The van der Waals surface area contributed by atoms with E-state index in [4.69, 9.17) is 16.3 Å². The van der Waals surface area contributed by atoms with E-state index in [1.807, 2.05) is 38.1 Å². The molecule has 1 aliphatic heterocycles. The summed E-state index contributed by atoms with van der Waals surface area (Å²) in [6.45, 7) is 8.44. The lowest BCUT2D eigenvalue weighted by atomic mass is 10.1. The number of aryl methyl sites for hydroxylation is 2. The molecule has 1 saturated heterocycles. The Morgan fingerprint density at radius 3 is 2.28 bits per heavy atom. The van der Waals surface area contributed by atoms with Crippen molar-refractivity contribution < 1.29 is 13.2 Å². The van der Waals surface area contributed by atoms with Crippen molar-refractivity contribution in [3.05, 3.63) is 52.5 Å². The molecule has 3 rings (SSSR count). The summed E-state index contributed by atoms with van der Waals surface area (Å²) in [5, 5.41) is 0.736. The molecule has 0 bridgehead atoms. The average Bonchev–Trinajstić information content (AvgIpc) is 2.70. The van der Waals surface area contributed by atoms with Gasteiger partial charge in [0.05, 0.1) is 7.11 Å². The van der Waals surface area contributed by atoms with E-state index < -0.39 is 10.0 Å². The van der Waals surface area contributed by atoms with Gasteiger partial charge < -0.3 is 9.64 Å². The monoisotopic (exact) mass is 437 g/mol. The van der Waals surface area contributed by atoms with E-state index in [0.29, 0.717) is 18.8 Å². The number of benzene rings is 2. The van der Waals surface area contributed by atoms with Crippen LogP contribution in [0, 0.1) is 13.8 Å². The van der Waals surface area contributed by atoms with Crippen LogP contribution in [0.25, 0.3) is 0 Å². The Morgan fingerprint density at radius 1 is 1.03 bits per heavy atom. The quantitative estimate of drug-likeness (QED) is 0.721. The molecule has 2 aromatic rings. The van der Waals surface area contributed by atoms with Gasteiger partial charge in [-0.25, -0.2) is 13.1 Å². The van der Waals surface area contributed by atoms with E-state index >= 15 is 0 Å². The summed E-state index contributed by atoms with van der Waals surface area (Å²) in [4.78, 5) is 4.78. The molecule has 158 valence electrons. The van der Waals surface area contributed by atoms with Gasteiger partial charge in [-0.2, -0.15) is 0 Å². The molecule has 1 N–H and O–H groups in total. The van der Waals surface area contributed by atoms with Crippen molar-refractivity contribution in [2.24, 2.45) is 0 Å². The van der Waals surface area contributed by atoms with E-state index in [1.54, 1.807) is 12.1 Å². The van der Waals surface area contributed by atoms with Crippen molar-refractivity contribution in [2.45, 2.75) is 18.7 Å². The van der Waals surface area contributed by atoms with Crippen molar-refractivity contribution >= 4 is 27.3 Å². The zero-order valence-corrected chi connectivity index (χ0v) is 18.7. The third kappa shape index (κ3) is 5.42. The molecule has 0 amide bonds. The molecule has 0 radical (unpaired) electrons. The van der Waals surface area contributed by atoms with E-state index in [1.165, 1.54) is 7.11 Å². The largest absolute Gasteiger partial charge is 0.495 e. The fraction of sp³-hybridized carbons (Fsp3) is 0.429. The van der Waals surface area contributed by atoms with Gasteiger partial charge in [0.15, 0.2) is 0 Å². The number of nitrogens with zero attached hydrogens (tertiary/aromatic N) is 2. The number of sulfonamides is 1. The number of hydrogen-bond acceptors (Lipinski definition) is 5. The maximum absolute atomic E-state index is 12.8. The second-order valence-electron chi connectivity index (χ2n) is 7.29. The third-order valence-corrected chi connectivity index (χ3v) is 7.09. The maximum atomic E-state index is 12.8. The molecule has 8 heteroatoms. The second kappa shape index (κ2) is 9.34. The van der Waals surface area contributed by atoms with Crippen LogP contribution < -0.4 is 14.4 Å². The average molecular weight is 438 g/mol. The van der Waals surface area contributed by atoms with Gasteiger partial charge in [0.1, 0.15) is 10.6 Å². The number of piperazine rings is 1. The van der Waals surface area contributed by atoms with Crippen molar-refractivity contribution in [3.63, 3.8) is 0 Å². The molecule has 0 unspecified atom stereocenters. The van der Waals surface area contributed by atoms with Crippen LogP contribution in [0.15, 0.2) is 41.3 Å².